The minimum Gasteiger partial charge on any atom is -0.493 e. The number of piperazine rings is 1. The summed E-state index contributed by atoms with van der Waals surface area (Å²) in [6, 6.07) is 11.4. The molecule has 2 aromatic rings. The zero-order valence-corrected chi connectivity index (χ0v) is 17.9. The van der Waals surface area contributed by atoms with Crippen molar-refractivity contribution in [2.75, 3.05) is 47.5 Å². The molecule has 0 aliphatic carbocycles. The van der Waals surface area contributed by atoms with Gasteiger partial charge in [0.1, 0.15) is 0 Å². The van der Waals surface area contributed by atoms with E-state index in [0.29, 0.717) is 41.8 Å². The van der Waals surface area contributed by atoms with Crippen LogP contribution in [0.25, 0.3) is 0 Å². The number of amides is 1. The maximum absolute atomic E-state index is 12.6. The number of benzene rings is 2. The Balaban J connectivity index is 1.60. The lowest BCUT2D eigenvalue weighted by molar-refractivity contribution is -0.132. The average molecular weight is 419 g/mol. The Labute approximate surface area is 176 Å². The predicted molar refractivity (Wildman–Crippen MR) is 113 cm³/mol. The van der Waals surface area contributed by atoms with Crippen molar-refractivity contribution in [1.29, 1.82) is 0 Å². The fraction of sp³-hybridized carbons (Fsp3) is 0.409. The molecular formula is C22H27ClN2O4. The van der Waals surface area contributed by atoms with Crippen molar-refractivity contribution in [3.63, 3.8) is 0 Å². The first kappa shape index (κ1) is 21.3. The molecule has 29 heavy (non-hydrogen) atoms. The fourth-order valence-corrected chi connectivity index (χ4v) is 3.80. The van der Waals surface area contributed by atoms with Crippen LogP contribution in [0.2, 0.25) is 5.02 Å². The first-order chi connectivity index (χ1) is 14.1. The van der Waals surface area contributed by atoms with Gasteiger partial charge in [-0.15, -0.1) is 0 Å². The Morgan fingerprint density at radius 2 is 1.59 bits per heavy atom. The van der Waals surface area contributed by atoms with Crippen LogP contribution in [0.4, 0.5) is 0 Å². The SMILES string of the molecule is COc1ccc(CN2CCN(C(=O)Cc3ccccc3Cl)CC2)c(OC)c1OC. The third-order valence-corrected chi connectivity index (χ3v) is 5.57. The van der Waals surface area contributed by atoms with Gasteiger partial charge in [-0.05, 0) is 17.7 Å². The van der Waals surface area contributed by atoms with Gasteiger partial charge < -0.3 is 19.1 Å². The molecule has 0 bridgehead atoms. The monoisotopic (exact) mass is 418 g/mol. The normalized spacial score (nSPS) is 14.6. The van der Waals surface area contributed by atoms with Crippen molar-refractivity contribution in [2.24, 2.45) is 0 Å². The molecule has 156 valence electrons. The molecular weight excluding hydrogens is 392 g/mol. The number of halogens is 1. The third kappa shape index (κ3) is 4.95. The average Bonchev–Trinajstić information content (AvgIpc) is 2.75. The molecule has 0 N–H and O–H groups in total. The van der Waals surface area contributed by atoms with Gasteiger partial charge in [-0.2, -0.15) is 0 Å². The van der Waals surface area contributed by atoms with E-state index in [1.54, 1.807) is 21.3 Å². The number of methoxy groups -OCH3 is 3. The smallest absolute Gasteiger partial charge is 0.227 e. The number of hydrogen-bond acceptors (Lipinski definition) is 5. The van der Waals surface area contributed by atoms with E-state index in [9.17, 15) is 4.79 Å². The van der Waals surface area contributed by atoms with Crippen LogP contribution in [-0.2, 0) is 17.8 Å². The highest BCUT2D eigenvalue weighted by Crippen LogP contribution is 2.40. The summed E-state index contributed by atoms with van der Waals surface area (Å²) in [6.45, 7) is 3.70. The number of carbonyl (C=O) groups excluding carboxylic acids is 1. The minimum absolute atomic E-state index is 0.112. The first-order valence-electron chi connectivity index (χ1n) is 9.58. The quantitative estimate of drug-likeness (QED) is 0.690. The zero-order valence-electron chi connectivity index (χ0n) is 17.1. The second-order valence-corrected chi connectivity index (χ2v) is 7.33. The molecule has 0 radical (unpaired) electrons. The minimum atomic E-state index is 0.112. The van der Waals surface area contributed by atoms with E-state index >= 15 is 0 Å². The third-order valence-electron chi connectivity index (χ3n) is 5.20. The molecule has 1 heterocycles. The van der Waals surface area contributed by atoms with E-state index in [-0.39, 0.29) is 5.91 Å². The van der Waals surface area contributed by atoms with Crippen LogP contribution in [0, 0.1) is 0 Å². The molecule has 1 aliphatic rings. The van der Waals surface area contributed by atoms with E-state index in [1.807, 2.05) is 41.3 Å². The first-order valence-corrected chi connectivity index (χ1v) is 9.96. The van der Waals surface area contributed by atoms with Gasteiger partial charge in [0, 0.05) is 43.3 Å². The second kappa shape index (κ2) is 9.85. The Bertz CT molecular complexity index is 851. The molecule has 0 unspecified atom stereocenters. The molecule has 7 heteroatoms. The van der Waals surface area contributed by atoms with E-state index in [1.165, 1.54) is 0 Å². The van der Waals surface area contributed by atoms with Crippen molar-refractivity contribution in [1.82, 2.24) is 9.80 Å². The van der Waals surface area contributed by atoms with Gasteiger partial charge in [0.05, 0.1) is 27.8 Å². The van der Waals surface area contributed by atoms with Crippen molar-refractivity contribution >= 4 is 17.5 Å². The molecule has 2 aromatic carbocycles. The highest BCUT2D eigenvalue weighted by atomic mass is 35.5. The number of hydrogen-bond donors (Lipinski definition) is 0. The van der Waals surface area contributed by atoms with E-state index in [2.05, 4.69) is 4.90 Å². The topological polar surface area (TPSA) is 51.2 Å². The van der Waals surface area contributed by atoms with E-state index < -0.39 is 0 Å². The molecule has 0 atom stereocenters. The van der Waals surface area contributed by atoms with Crippen molar-refractivity contribution in [3.05, 3.63) is 52.5 Å². The summed E-state index contributed by atoms with van der Waals surface area (Å²) in [7, 11) is 4.84. The Morgan fingerprint density at radius 3 is 2.21 bits per heavy atom. The molecule has 1 amide bonds. The van der Waals surface area contributed by atoms with Crippen molar-refractivity contribution in [3.8, 4) is 17.2 Å². The second-order valence-electron chi connectivity index (χ2n) is 6.92. The summed E-state index contributed by atoms with van der Waals surface area (Å²) >= 11 is 6.19. The summed E-state index contributed by atoms with van der Waals surface area (Å²) < 4.78 is 16.4. The van der Waals surface area contributed by atoms with Gasteiger partial charge in [-0.1, -0.05) is 35.9 Å². The molecule has 1 aliphatic heterocycles. The van der Waals surface area contributed by atoms with Crippen molar-refractivity contribution < 1.29 is 19.0 Å². The van der Waals surface area contributed by atoms with Crippen LogP contribution >= 0.6 is 11.6 Å². The molecule has 1 saturated heterocycles. The molecule has 0 spiro atoms. The number of carbonyl (C=O) groups is 1. The maximum Gasteiger partial charge on any atom is 0.227 e. The molecule has 0 saturated carbocycles. The Morgan fingerprint density at radius 1 is 0.897 bits per heavy atom. The zero-order chi connectivity index (χ0) is 20.8. The number of ether oxygens (including phenoxy) is 3. The standard InChI is InChI=1S/C22H27ClN2O4/c1-27-19-9-8-17(21(28-2)22(19)29-3)15-24-10-12-25(13-11-24)20(26)14-16-6-4-5-7-18(16)23/h4-9H,10-15H2,1-3H3. The van der Waals surface area contributed by atoms with Crippen LogP contribution in [0.5, 0.6) is 17.2 Å². The lowest BCUT2D eigenvalue weighted by Crippen LogP contribution is -2.48. The lowest BCUT2D eigenvalue weighted by Gasteiger charge is -2.35. The van der Waals surface area contributed by atoms with Gasteiger partial charge in [0.15, 0.2) is 11.5 Å². The number of nitrogens with zero attached hydrogens (tertiary/aromatic N) is 2. The Hall–Kier alpha value is -2.44. The van der Waals surface area contributed by atoms with Gasteiger partial charge in [-0.25, -0.2) is 0 Å². The van der Waals surface area contributed by atoms with Crippen LogP contribution < -0.4 is 14.2 Å². The summed E-state index contributed by atoms with van der Waals surface area (Å²) in [6.07, 6.45) is 0.336. The van der Waals surface area contributed by atoms with Crippen LogP contribution in [-0.4, -0.2) is 63.2 Å². The number of rotatable bonds is 7. The summed E-state index contributed by atoms with van der Waals surface area (Å²) in [5.41, 5.74) is 1.90. The van der Waals surface area contributed by atoms with Gasteiger partial charge in [-0.3, -0.25) is 9.69 Å². The fourth-order valence-electron chi connectivity index (χ4n) is 3.60. The molecule has 6 nitrogen and oxygen atoms in total. The highest BCUT2D eigenvalue weighted by Gasteiger charge is 2.24. The largest absolute Gasteiger partial charge is 0.493 e. The Kier molecular flexibility index (Phi) is 7.23. The molecule has 3 rings (SSSR count). The molecule has 0 aromatic heterocycles. The maximum atomic E-state index is 12.6. The summed E-state index contributed by atoms with van der Waals surface area (Å²) in [5.74, 6) is 2.04. The molecule has 1 fully saturated rings. The summed E-state index contributed by atoms with van der Waals surface area (Å²) in [4.78, 5) is 16.9. The van der Waals surface area contributed by atoms with Crippen LogP contribution in [0.15, 0.2) is 36.4 Å². The van der Waals surface area contributed by atoms with E-state index in [4.69, 9.17) is 25.8 Å². The highest BCUT2D eigenvalue weighted by molar-refractivity contribution is 6.31. The van der Waals surface area contributed by atoms with Crippen LogP contribution in [0.3, 0.4) is 0 Å². The van der Waals surface area contributed by atoms with Gasteiger partial charge in [0.25, 0.3) is 0 Å². The van der Waals surface area contributed by atoms with Gasteiger partial charge >= 0.3 is 0 Å². The van der Waals surface area contributed by atoms with Gasteiger partial charge in [0.2, 0.25) is 11.7 Å². The van der Waals surface area contributed by atoms with Crippen molar-refractivity contribution in [2.45, 2.75) is 13.0 Å². The summed E-state index contributed by atoms with van der Waals surface area (Å²) in [5, 5.41) is 0.639. The van der Waals surface area contributed by atoms with Crippen LogP contribution in [0.1, 0.15) is 11.1 Å². The lowest BCUT2D eigenvalue weighted by atomic mass is 10.1. The van der Waals surface area contributed by atoms with E-state index in [0.717, 1.165) is 30.8 Å². The predicted octanol–water partition coefficient (Wildman–Crippen LogP) is 3.25.